The van der Waals surface area contributed by atoms with Crippen LogP contribution in [0.5, 0.6) is 5.75 Å². The van der Waals surface area contributed by atoms with Crippen molar-refractivity contribution in [3.8, 4) is 5.75 Å². The van der Waals surface area contributed by atoms with Gasteiger partial charge in [0.25, 0.3) is 5.56 Å². The Bertz CT molecular complexity index is 1050. The first-order valence-electron chi connectivity index (χ1n) is 8.51. The Hall–Kier alpha value is -3.05. The molecule has 0 bridgehead atoms. The molecule has 1 aromatic heterocycles. The van der Waals surface area contributed by atoms with Crippen LogP contribution in [-0.4, -0.2) is 31.2 Å². The molecule has 1 aromatic carbocycles. The summed E-state index contributed by atoms with van der Waals surface area (Å²) in [5, 5.41) is 3.12. The van der Waals surface area contributed by atoms with Gasteiger partial charge in [0.2, 0.25) is 6.54 Å². The van der Waals surface area contributed by atoms with Crippen molar-refractivity contribution in [2.75, 3.05) is 25.6 Å². The Kier molecular flexibility index (Phi) is 5.85. The van der Waals surface area contributed by atoms with Crippen molar-refractivity contribution in [3.05, 3.63) is 79.1 Å². The first-order valence-corrected chi connectivity index (χ1v) is 9.30. The number of nitrogens with zero attached hydrogens (tertiary/aromatic N) is 1. The molecule has 1 unspecified atom stereocenters. The average Bonchev–Trinajstić information content (AvgIpc) is 2.67. The van der Waals surface area contributed by atoms with Gasteiger partial charge in [0, 0.05) is 27.6 Å². The predicted molar refractivity (Wildman–Crippen MR) is 108 cm³/mol. The number of nitrogens with one attached hydrogen (secondary N) is 2. The Balaban J connectivity index is 2.20. The van der Waals surface area contributed by atoms with Gasteiger partial charge < -0.3 is 24.6 Å². The Morgan fingerprint density at radius 3 is 2.86 bits per heavy atom. The molecule has 28 heavy (non-hydrogen) atoms. The third kappa shape index (κ3) is 3.66. The van der Waals surface area contributed by atoms with E-state index < -0.39 is 11.9 Å². The third-order valence-electron chi connectivity index (χ3n) is 4.47. The van der Waals surface area contributed by atoms with E-state index in [2.05, 4.69) is 31.1 Å². The Morgan fingerprint density at radius 1 is 1.36 bits per heavy atom. The molecule has 1 aliphatic heterocycles. The minimum absolute atomic E-state index is 0.0126. The second-order valence-corrected chi connectivity index (χ2v) is 7.05. The van der Waals surface area contributed by atoms with E-state index in [4.69, 9.17) is 16.0 Å². The predicted octanol–water partition coefficient (Wildman–Crippen LogP) is 3.44. The number of esters is 1. The number of fused-ring (bicyclic) bond motifs is 1. The van der Waals surface area contributed by atoms with Crippen molar-refractivity contribution in [3.63, 3.8) is 0 Å². The smallest absolute Gasteiger partial charge is 0.337 e. The first kappa shape index (κ1) is 19.7. The zero-order chi connectivity index (χ0) is 20.3. The number of carbonyl (C=O) groups excluding carboxylic acids is 1. The number of aromatic amines is 1. The van der Waals surface area contributed by atoms with Crippen LogP contribution in [0.25, 0.3) is 4.85 Å². The van der Waals surface area contributed by atoms with E-state index in [0.717, 1.165) is 4.47 Å². The minimum atomic E-state index is -0.676. The monoisotopic (exact) mass is 443 g/mol. The van der Waals surface area contributed by atoms with Gasteiger partial charge in [0.1, 0.15) is 5.75 Å². The van der Waals surface area contributed by atoms with E-state index in [1.807, 2.05) is 12.1 Å². The van der Waals surface area contributed by atoms with E-state index >= 15 is 0 Å². The number of anilines is 1. The van der Waals surface area contributed by atoms with Gasteiger partial charge in [-0.25, -0.2) is 11.4 Å². The van der Waals surface area contributed by atoms with Crippen LogP contribution in [0.2, 0.25) is 0 Å². The summed E-state index contributed by atoms with van der Waals surface area (Å²) in [6.45, 7) is 8.67. The van der Waals surface area contributed by atoms with E-state index in [0.29, 0.717) is 33.8 Å². The van der Waals surface area contributed by atoms with Crippen LogP contribution in [0.3, 0.4) is 0 Å². The Morgan fingerprint density at radius 2 is 2.14 bits per heavy atom. The average molecular weight is 444 g/mol. The van der Waals surface area contributed by atoms with Crippen LogP contribution < -0.4 is 15.6 Å². The number of hydrogen-bond donors (Lipinski definition) is 2. The van der Waals surface area contributed by atoms with Gasteiger partial charge in [-0.3, -0.25) is 4.79 Å². The number of methoxy groups -OCH3 is 1. The fraction of sp³-hybridized carbons (Fsp3) is 0.250. The Labute approximate surface area is 170 Å². The van der Waals surface area contributed by atoms with Crippen LogP contribution in [0.15, 0.2) is 51.0 Å². The van der Waals surface area contributed by atoms with Crippen molar-refractivity contribution in [2.45, 2.75) is 12.8 Å². The number of allylic oxidation sites excluding steroid dienone is 1. The van der Waals surface area contributed by atoms with E-state index in [1.54, 1.807) is 25.3 Å². The molecule has 2 N–H and O–H groups in total. The molecule has 0 amide bonds. The summed E-state index contributed by atoms with van der Waals surface area (Å²) in [4.78, 5) is 31.4. The summed E-state index contributed by atoms with van der Waals surface area (Å²) in [7, 11) is 1.53. The first-order chi connectivity index (χ1) is 13.5. The molecule has 144 valence electrons. The number of carbonyl (C=O) groups is 1. The van der Waals surface area contributed by atoms with Crippen LogP contribution >= 0.6 is 15.9 Å². The number of H-pyrrole nitrogens is 1. The van der Waals surface area contributed by atoms with Gasteiger partial charge in [-0.05, 0) is 25.1 Å². The number of aromatic nitrogens is 1. The van der Waals surface area contributed by atoms with Gasteiger partial charge >= 0.3 is 5.97 Å². The molecule has 1 aliphatic rings. The molecule has 2 aromatic rings. The topological polar surface area (TPSA) is 84.8 Å². The number of benzene rings is 1. The number of hydrogen-bond acceptors (Lipinski definition) is 5. The molecule has 0 aliphatic carbocycles. The van der Waals surface area contributed by atoms with Crippen LogP contribution in [0.1, 0.15) is 24.0 Å². The maximum atomic E-state index is 12.9. The third-order valence-corrected chi connectivity index (χ3v) is 4.96. The maximum Gasteiger partial charge on any atom is 0.337 e. The number of halogens is 1. The quantitative estimate of drug-likeness (QED) is 0.420. The normalized spacial score (nSPS) is 15.3. The standard InChI is InChI=1S/C20H18BrN3O4/c1-11-16(20(26)28-9-8-22-2)17(13-5-4-12(21)10-15(13)27-3)18-14(24-11)6-7-23-19(18)25/h4-7,10,17,24H,8-9H2,1,3H3,(H,23,25). The lowest BCUT2D eigenvalue weighted by Crippen LogP contribution is -2.30. The summed E-state index contributed by atoms with van der Waals surface area (Å²) >= 11 is 3.41. The lowest BCUT2D eigenvalue weighted by atomic mass is 9.81. The summed E-state index contributed by atoms with van der Waals surface area (Å²) in [6.07, 6.45) is 1.55. The van der Waals surface area contributed by atoms with Crippen LogP contribution in [0, 0.1) is 6.57 Å². The van der Waals surface area contributed by atoms with Gasteiger partial charge in [-0.15, -0.1) is 0 Å². The molecule has 1 atom stereocenters. The van der Waals surface area contributed by atoms with Crippen molar-refractivity contribution in [1.82, 2.24) is 4.98 Å². The van der Waals surface area contributed by atoms with Gasteiger partial charge in [-0.2, -0.15) is 0 Å². The molecule has 2 heterocycles. The maximum absolute atomic E-state index is 12.9. The molecule has 3 rings (SSSR count). The highest BCUT2D eigenvalue weighted by atomic mass is 79.9. The molecule has 8 heteroatoms. The second kappa shape index (κ2) is 8.31. The van der Waals surface area contributed by atoms with Gasteiger partial charge in [0.05, 0.1) is 24.2 Å². The number of ether oxygens (including phenoxy) is 2. The van der Waals surface area contributed by atoms with Gasteiger partial charge in [-0.1, -0.05) is 22.0 Å². The largest absolute Gasteiger partial charge is 0.496 e. The summed E-state index contributed by atoms with van der Waals surface area (Å²) in [6, 6.07) is 7.17. The highest BCUT2D eigenvalue weighted by Crippen LogP contribution is 2.43. The number of pyridine rings is 1. The van der Waals surface area contributed by atoms with Crippen LogP contribution in [-0.2, 0) is 9.53 Å². The summed E-state index contributed by atoms with van der Waals surface area (Å²) in [5.74, 6) is -0.711. The minimum Gasteiger partial charge on any atom is -0.496 e. The van der Waals surface area contributed by atoms with Crippen molar-refractivity contribution >= 4 is 27.6 Å². The van der Waals surface area contributed by atoms with Gasteiger partial charge in [0.15, 0.2) is 6.61 Å². The molecular formula is C20H18BrN3O4. The second-order valence-electron chi connectivity index (χ2n) is 6.13. The van der Waals surface area contributed by atoms with Crippen molar-refractivity contribution in [1.29, 1.82) is 0 Å². The van der Waals surface area contributed by atoms with Crippen LogP contribution in [0.4, 0.5) is 5.69 Å². The molecule has 0 saturated carbocycles. The van der Waals surface area contributed by atoms with E-state index in [-0.39, 0.29) is 18.7 Å². The summed E-state index contributed by atoms with van der Waals surface area (Å²) in [5.41, 5.74) is 2.29. The van der Waals surface area contributed by atoms with Crippen molar-refractivity contribution in [2.24, 2.45) is 0 Å². The lowest BCUT2D eigenvalue weighted by molar-refractivity contribution is -0.138. The van der Waals surface area contributed by atoms with Crippen molar-refractivity contribution < 1.29 is 14.3 Å². The fourth-order valence-electron chi connectivity index (χ4n) is 3.28. The number of rotatable bonds is 5. The molecule has 0 fully saturated rings. The van der Waals surface area contributed by atoms with E-state index in [1.165, 1.54) is 7.11 Å². The fourth-order valence-corrected chi connectivity index (χ4v) is 3.62. The zero-order valence-corrected chi connectivity index (χ0v) is 16.9. The molecule has 0 saturated heterocycles. The zero-order valence-electron chi connectivity index (χ0n) is 15.3. The molecule has 7 nitrogen and oxygen atoms in total. The molecule has 0 radical (unpaired) electrons. The summed E-state index contributed by atoms with van der Waals surface area (Å²) < 4.78 is 11.6. The lowest BCUT2D eigenvalue weighted by Gasteiger charge is -2.30. The highest BCUT2D eigenvalue weighted by Gasteiger charge is 2.36. The van der Waals surface area contributed by atoms with E-state index in [9.17, 15) is 9.59 Å². The highest BCUT2D eigenvalue weighted by molar-refractivity contribution is 9.10. The molecule has 0 spiro atoms. The molecular weight excluding hydrogens is 426 g/mol. The SMILES string of the molecule is [C-]#[N+]CCOC(=O)C1=C(C)Nc2cc[nH]c(=O)c2C1c1ccc(Br)cc1OC.